The van der Waals surface area contributed by atoms with Gasteiger partial charge in [-0.3, -0.25) is 0 Å². The van der Waals surface area contributed by atoms with Gasteiger partial charge in [-0.2, -0.15) is 0 Å². The van der Waals surface area contributed by atoms with E-state index in [2.05, 4.69) is 44.0 Å². The summed E-state index contributed by atoms with van der Waals surface area (Å²) in [5.74, 6) is 1.94. The van der Waals surface area contributed by atoms with Crippen molar-refractivity contribution in [2.75, 3.05) is 13.6 Å². The second kappa shape index (κ2) is 5.26. The molecule has 0 aromatic heterocycles. The van der Waals surface area contributed by atoms with E-state index in [-0.39, 0.29) is 6.10 Å². The molecule has 2 heteroatoms. The molecule has 2 aliphatic carbocycles. The van der Waals surface area contributed by atoms with Crippen molar-refractivity contribution >= 4 is 0 Å². The van der Waals surface area contributed by atoms with Crippen molar-refractivity contribution < 1.29 is 4.74 Å². The van der Waals surface area contributed by atoms with Crippen LogP contribution in [0.5, 0.6) is 5.75 Å². The second-order valence-corrected chi connectivity index (χ2v) is 8.00. The van der Waals surface area contributed by atoms with Gasteiger partial charge in [-0.25, -0.2) is 0 Å². The quantitative estimate of drug-likeness (QED) is 0.813. The fraction of sp³-hybridized carbons (Fsp3) is 0.700. The highest BCUT2D eigenvalue weighted by Crippen LogP contribution is 2.55. The molecule has 0 radical (unpaired) electrons. The predicted molar refractivity (Wildman–Crippen MR) is 90.6 cm³/mol. The van der Waals surface area contributed by atoms with E-state index in [0.717, 1.165) is 17.7 Å². The summed E-state index contributed by atoms with van der Waals surface area (Å²) in [6, 6.07) is 7.70. The van der Waals surface area contributed by atoms with Gasteiger partial charge in [0.2, 0.25) is 0 Å². The fourth-order valence-electron chi connectivity index (χ4n) is 5.52. The van der Waals surface area contributed by atoms with Gasteiger partial charge in [-0.15, -0.1) is 0 Å². The number of rotatable bonds is 2. The molecule has 1 aromatic rings. The van der Waals surface area contributed by atoms with E-state index in [0.29, 0.717) is 5.41 Å². The number of hydrogen-bond acceptors (Lipinski definition) is 2. The number of piperidine rings is 1. The molecule has 1 saturated heterocycles. The Morgan fingerprint density at radius 2 is 2.09 bits per heavy atom. The molecule has 1 saturated carbocycles. The Morgan fingerprint density at radius 1 is 1.23 bits per heavy atom. The molecule has 3 atom stereocenters. The van der Waals surface area contributed by atoms with Gasteiger partial charge in [0.25, 0.3) is 0 Å². The lowest BCUT2D eigenvalue weighted by Gasteiger charge is -2.58. The average molecular weight is 299 g/mol. The highest BCUT2D eigenvalue weighted by Gasteiger charge is 2.53. The maximum Gasteiger partial charge on any atom is 0.119 e. The minimum atomic E-state index is 0.256. The Labute approximate surface area is 134 Å². The molecule has 0 spiro atoms. The van der Waals surface area contributed by atoms with Crippen LogP contribution in [0.15, 0.2) is 18.2 Å². The van der Waals surface area contributed by atoms with Gasteiger partial charge in [-0.05, 0) is 82.3 Å². The minimum Gasteiger partial charge on any atom is -0.491 e. The Hall–Kier alpha value is -1.02. The SMILES string of the molecule is CC(C)Oc1ccc2c(c1)[C@@]13CCCCC1[C@@H](C2)N(C)CC3. The summed E-state index contributed by atoms with van der Waals surface area (Å²) >= 11 is 0. The average Bonchev–Trinajstić information content (AvgIpc) is 2.51. The summed E-state index contributed by atoms with van der Waals surface area (Å²) in [7, 11) is 2.34. The molecular weight excluding hydrogens is 270 g/mol. The normalized spacial score (nSPS) is 34.2. The van der Waals surface area contributed by atoms with Crippen molar-refractivity contribution in [2.24, 2.45) is 5.92 Å². The first-order valence-corrected chi connectivity index (χ1v) is 9.10. The lowest BCUT2D eigenvalue weighted by Crippen LogP contribution is -2.59. The standard InChI is InChI=1S/C20H29NO/c1-14(2)22-16-8-7-15-12-19-17-6-4-5-9-20(17,18(15)13-16)10-11-21(19)3/h7-8,13-14,17,19H,4-6,9-12H2,1-3H3/t17?,19-,20-/m1/s1. The second-order valence-electron chi connectivity index (χ2n) is 8.00. The smallest absolute Gasteiger partial charge is 0.119 e. The Kier molecular flexibility index (Phi) is 3.48. The van der Waals surface area contributed by atoms with Gasteiger partial charge < -0.3 is 9.64 Å². The zero-order chi connectivity index (χ0) is 15.3. The number of ether oxygens (including phenoxy) is 1. The van der Waals surface area contributed by atoms with Crippen LogP contribution in [0.1, 0.15) is 57.1 Å². The molecule has 1 heterocycles. The van der Waals surface area contributed by atoms with Crippen molar-refractivity contribution in [3.05, 3.63) is 29.3 Å². The van der Waals surface area contributed by atoms with Crippen molar-refractivity contribution in [3.8, 4) is 5.75 Å². The molecule has 2 nitrogen and oxygen atoms in total. The van der Waals surface area contributed by atoms with Crippen LogP contribution in [-0.4, -0.2) is 30.6 Å². The maximum absolute atomic E-state index is 6.01. The molecule has 4 rings (SSSR count). The third-order valence-corrected chi connectivity index (χ3v) is 6.46. The first-order chi connectivity index (χ1) is 10.6. The lowest BCUT2D eigenvalue weighted by atomic mass is 9.52. The number of hydrogen-bond donors (Lipinski definition) is 0. The molecule has 120 valence electrons. The van der Waals surface area contributed by atoms with E-state index < -0.39 is 0 Å². The Balaban J connectivity index is 1.80. The number of fused-ring (bicyclic) bond motifs is 1. The third-order valence-electron chi connectivity index (χ3n) is 6.46. The van der Waals surface area contributed by atoms with Crippen molar-refractivity contribution in [1.82, 2.24) is 4.90 Å². The fourth-order valence-corrected chi connectivity index (χ4v) is 5.52. The van der Waals surface area contributed by atoms with Crippen molar-refractivity contribution in [3.63, 3.8) is 0 Å². The number of benzene rings is 1. The molecule has 1 unspecified atom stereocenters. The van der Waals surface area contributed by atoms with Gasteiger partial charge in [-0.1, -0.05) is 18.9 Å². The number of nitrogens with zero attached hydrogens (tertiary/aromatic N) is 1. The Morgan fingerprint density at radius 3 is 2.91 bits per heavy atom. The molecule has 1 aliphatic heterocycles. The third kappa shape index (κ3) is 2.11. The lowest BCUT2D eigenvalue weighted by molar-refractivity contribution is 0.00266. The first kappa shape index (κ1) is 14.6. The molecule has 22 heavy (non-hydrogen) atoms. The van der Waals surface area contributed by atoms with E-state index in [1.54, 1.807) is 11.1 Å². The van der Waals surface area contributed by atoms with Crippen LogP contribution in [0.25, 0.3) is 0 Å². The Bertz CT molecular complexity index is 567. The zero-order valence-corrected chi connectivity index (χ0v) is 14.3. The summed E-state index contributed by atoms with van der Waals surface area (Å²) in [4.78, 5) is 2.63. The molecule has 0 amide bonds. The number of likely N-dealkylation sites (N-methyl/N-ethyl adjacent to an activating group) is 1. The van der Waals surface area contributed by atoms with Gasteiger partial charge in [0.05, 0.1) is 6.10 Å². The highest BCUT2D eigenvalue weighted by molar-refractivity contribution is 5.45. The van der Waals surface area contributed by atoms with Gasteiger partial charge in [0.1, 0.15) is 5.75 Å². The summed E-state index contributed by atoms with van der Waals surface area (Å²) in [5.41, 5.74) is 3.67. The van der Waals surface area contributed by atoms with Gasteiger partial charge in [0.15, 0.2) is 0 Å². The van der Waals surface area contributed by atoms with Crippen LogP contribution in [-0.2, 0) is 11.8 Å². The zero-order valence-electron chi connectivity index (χ0n) is 14.3. The highest BCUT2D eigenvalue weighted by atomic mass is 16.5. The van der Waals surface area contributed by atoms with Crippen LogP contribution in [0, 0.1) is 5.92 Å². The van der Waals surface area contributed by atoms with E-state index in [1.165, 1.54) is 45.1 Å². The monoisotopic (exact) mass is 299 g/mol. The van der Waals surface area contributed by atoms with Crippen LogP contribution in [0.3, 0.4) is 0 Å². The van der Waals surface area contributed by atoms with Crippen LogP contribution in [0.4, 0.5) is 0 Å². The maximum atomic E-state index is 6.01. The predicted octanol–water partition coefficient (Wildman–Crippen LogP) is 4.16. The van der Waals surface area contributed by atoms with E-state index in [9.17, 15) is 0 Å². The van der Waals surface area contributed by atoms with E-state index in [4.69, 9.17) is 4.74 Å². The summed E-state index contributed by atoms with van der Waals surface area (Å²) in [5, 5.41) is 0. The van der Waals surface area contributed by atoms with Gasteiger partial charge >= 0.3 is 0 Å². The van der Waals surface area contributed by atoms with E-state index in [1.807, 2.05) is 0 Å². The molecule has 1 aromatic carbocycles. The summed E-state index contributed by atoms with van der Waals surface area (Å²) < 4.78 is 6.01. The van der Waals surface area contributed by atoms with Crippen LogP contribution >= 0.6 is 0 Å². The summed E-state index contributed by atoms with van der Waals surface area (Å²) in [6.45, 7) is 5.50. The van der Waals surface area contributed by atoms with Crippen LogP contribution in [0.2, 0.25) is 0 Å². The largest absolute Gasteiger partial charge is 0.491 e. The number of likely N-dealkylation sites (tertiary alicyclic amines) is 1. The van der Waals surface area contributed by atoms with Gasteiger partial charge in [0, 0.05) is 11.5 Å². The topological polar surface area (TPSA) is 12.5 Å². The van der Waals surface area contributed by atoms with Crippen LogP contribution < -0.4 is 4.74 Å². The molecule has 3 aliphatic rings. The summed E-state index contributed by atoms with van der Waals surface area (Å²) in [6.07, 6.45) is 8.47. The first-order valence-electron chi connectivity index (χ1n) is 9.10. The minimum absolute atomic E-state index is 0.256. The molecule has 2 bridgehead atoms. The van der Waals surface area contributed by atoms with E-state index >= 15 is 0 Å². The molecule has 0 N–H and O–H groups in total. The van der Waals surface area contributed by atoms with Crippen molar-refractivity contribution in [1.29, 1.82) is 0 Å². The molecule has 2 fully saturated rings. The molecular formula is C20H29NO. The van der Waals surface area contributed by atoms with Crippen molar-refractivity contribution in [2.45, 2.75) is 69.9 Å².